The molecule has 0 aliphatic heterocycles. The fourth-order valence-electron chi connectivity index (χ4n) is 6.02. The van der Waals surface area contributed by atoms with Crippen LogP contribution in [0.3, 0.4) is 0 Å². The number of hydrogen-bond acceptors (Lipinski definition) is 12. The van der Waals surface area contributed by atoms with Crippen LogP contribution in [-0.4, -0.2) is 102 Å². The van der Waals surface area contributed by atoms with Crippen molar-refractivity contribution >= 4 is 53.2 Å². The highest BCUT2D eigenvalue weighted by Crippen LogP contribution is 2.23. The molecule has 0 aromatic heterocycles. The van der Waals surface area contributed by atoms with Crippen molar-refractivity contribution in [2.45, 2.75) is 179 Å². The molecule has 0 spiro atoms. The summed E-state index contributed by atoms with van der Waals surface area (Å²) >= 11 is 0. The Balaban J connectivity index is -0.000000385. The summed E-state index contributed by atoms with van der Waals surface area (Å²) in [6.07, 6.45) is 4.06. The number of carbonyl (C=O) groups is 9. The van der Waals surface area contributed by atoms with Gasteiger partial charge in [0.05, 0.1) is 38.1 Å². The average molecular weight is 903 g/mol. The lowest BCUT2D eigenvalue weighted by molar-refractivity contribution is -0.149. The summed E-state index contributed by atoms with van der Waals surface area (Å²) in [6.45, 7) is 27.4. The summed E-state index contributed by atoms with van der Waals surface area (Å²) < 4.78 is 9.27. The minimum absolute atomic E-state index is 0.0258. The Hall–Kier alpha value is -4.41. The second-order valence-corrected chi connectivity index (χ2v) is 17.6. The van der Waals surface area contributed by atoms with Gasteiger partial charge in [-0.3, -0.25) is 38.4 Å². The molecule has 17 nitrogen and oxygen atoms in total. The number of esters is 2. The Bertz CT molecular complexity index is 1400. The maximum absolute atomic E-state index is 12.4. The van der Waals surface area contributed by atoms with Crippen molar-refractivity contribution in [3.05, 3.63) is 0 Å². The summed E-state index contributed by atoms with van der Waals surface area (Å²) in [5, 5.41) is 25.6. The molecule has 0 fully saturated rings. The molecule has 0 radical (unpaired) electrons. The van der Waals surface area contributed by atoms with Gasteiger partial charge >= 0.3 is 23.9 Å². The lowest BCUT2D eigenvalue weighted by atomic mass is 9.85. The van der Waals surface area contributed by atoms with Gasteiger partial charge in [-0.2, -0.15) is 0 Å². The van der Waals surface area contributed by atoms with Gasteiger partial charge in [0.1, 0.15) is 12.1 Å². The quantitative estimate of drug-likeness (QED) is 0.0598. The SMILES string of the molecule is CC(=O)N[C@@H](CC(C)C)C(=O)O.CC[C@H](C)[C@H](CC(=O)[C@H](CC(C)C)NC(C)=O)C(=O)O.CC[C@H](C)[C@H](CC(=O)[C@H](CC(C)C)NC(C)=O)C(=O)OC.CC[C@H](C)[C@H](N)C(=O)OC. The van der Waals surface area contributed by atoms with E-state index in [-0.39, 0.29) is 89.6 Å². The number of amides is 3. The zero-order valence-corrected chi connectivity index (χ0v) is 41.5. The van der Waals surface area contributed by atoms with Crippen LogP contribution in [0.5, 0.6) is 0 Å². The van der Waals surface area contributed by atoms with E-state index in [1.807, 2.05) is 83.1 Å². The lowest BCUT2D eigenvalue weighted by Gasteiger charge is -2.24. The van der Waals surface area contributed by atoms with E-state index in [1.165, 1.54) is 35.0 Å². The summed E-state index contributed by atoms with van der Waals surface area (Å²) in [5.41, 5.74) is 5.51. The molecule has 0 saturated carbocycles. The summed E-state index contributed by atoms with van der Waals surface area (Å²) in [5.74, 6) is -3.82. The molecule has 0 unspecified atom stereocenters. The Labute approximate surface area is 377 Å². The Morgan fingerprint density at radius 1 is 0.476 bits per heavy atom. The second-order valence-electron chi connectivity index (χ2n) is 17.6. The third-order valence-corrected chi connectivity index (χ3v) is 10.4. The first-order valence-electron chi connectivity index (χ1n) is 22.2. The number of nitrogens with one attached hydrogen (secondary N) is 3. The fourth-order valence-corrected chi connectivity index (χ4v) is 6.02. The van der Waals surface area contributed by atoms with E-state index in [2.05, 4.69) is 20.7 Å². The number of carbonyl (C=O) groups excluding carboxylic acids is 7. The number of methoxy groups -OCH3 is 2. The van der Waals surface area contributed by atoms with Gasteiger partial charge in [0.25, 0.3) is 0 Å². The summed E-state index contributed by atoms with van der Waals surface area (Å²) in [6, 6.07) is -2.32. The third-order valence-electron chi connectivity index (χ3n) is 10.4. The van der Waals surface area contributed by atoms with Gasteiger partial charge in [0.2, 0.25) is 17.7 Å². The molecule has 0 rings (SSSR count). The van der Waals surface area contributed by atoms with E-state index in [9.17, 15) is 48.3 Å². The van der Waals surface area contributed by atoms with Crippen LogP contribution in [0, 0.1) is 47.3 Å². The van der Waals surface area contributed by atoms with Crippen LogP contribution in [0.15, 0.2) is 0 Å². The van der Waals surface area contributed by atoms with Crippen molar-refractivity contribution in [3.63, 3.8) is 0 Å². The molecule has 0 aromatic carbocycles. The highest BCUT2D eigenvalue weighted by atomic mass is 16.5. The molecule has 63 heavy (non-hydrogen) atoms. The standard InChI is InChI=1S/C16H29NO4.C15H27NO4.C8H15NO3.C7H15NO2/c1-7-11(4)13(16(20)21-6)9-15(19)14(8-10(2)3)17-12(5)18;1-6-10(4)12(15(19)20)8-14(18)13(7-9(2)3)16-11(5)17;1-5(2)4-7(8(11)12)9-6(3)10;1-4-5(2)6(8)7(9)10-3/h10-11,13-14H,7-9H2,1-6H3,(H,17,18);9-10,12-13H,6-8H2,1-5H3,(H,16,17)(H,19,20);5,7H,4H2,1-3H3,(H,9,10)(H,11,12);5-6H,4,8H2,1-3H3/t11-,13-,14-;10-,12-,13-;7-;5-,6-/m0000/s1. The number of Topliss-reactive ketones (excluding diaryl/α,β-unsaturated/α-hetero) is 2. The van der Waals surface area contributed by atoms with E-state index >= 15 is 0 Å². The van der Waals surface area contributed by atoms with E-state index in [4.69, 9.17) is 15.6 Å². The highest BCUT2D eigenvalue weighted by Gasteiger charge is 2.32. The molecular weight excluding hydrogens is 817 g/mol. The van der Waals surface area contributed by atoms with Crippen molar-refractivity contribution in [1.82, 2.24) is 16.0 Å². The van der Waals surface area contributed by atoms with Crippen LogP contribution in [0.4, 0.5) is 0 Å². The van der Waals surface area contributed by atoms with Crippen LogP contribution in [0.1, 0.15) is 155 Å². The highest BCUT2D eigenvalue weighted by molar-refractivity contribution is 5.92. The normalized spacial score (nSPS) is 14.9. The first-order chi connectivity index (χ1) is 29.0. The van der Waals surface area contributed by atoms with Gasteiger partial charge in [0, 0.05) is 33.6 Å². The summed E-state index contributed by atoms with van der Waals surface area (Å²) in [4.78, 5) is 102. The predicted octanol–water partition coefficient (Wildman–Crippen LogP) is 5.73. The maximum Gasteiger partial charge on any atom is 0.326 e. The molecule has 0 saturated heterocycles. The smallest absolute Gasteiger partial charge is 0.326 e. The minimum atomic E-state index is -0.973. The van der Waals surface area contributed by atoms with Crippen molar-refractivity contribution < 1.29 is 62.8 Å². The topological polar surface area (TPSA) is 275 Å². The van der Waals surface area contributed by atoms with Gasteiger partial charge in [-0.1, -0.05) is 102 Å². The minimum Gasteiger partial charge on any atom is -0.481 e. The predicted molar refractivity (Wildman–Crippen MR) is 243 cm³/mol. The number of rotatable bonds is 25. The zero-order chi connectivity index (χ0) is 50.3. The van der Waals surface area contributed by atoms with Crippen LogP contribution in [-0.2, 0) is 52.6 Å². The van der Waals surface area contributed by atoms with Crippen molar-refractivity contribution in [1.29, 1.82) is 0 Å². The van der Waals surface area contributed by atoms with E-state index in [0.717, 1.165) is 12.8 Å². The van der Waals surface area contributed by atoms with Crippen molar-refractivity contribution in [2.24, 2.45) is 53.1 Å². The molecule has 3 amide bonds. The van der Waals surface area contributed by atoms with Crippen molar-refractivity contribution in [3.8, 4) is 0 Å². The number of carboxylic acids is 2. The zero-order valence-electron chi connectivity index (χ0n) is 41.5. The molecule has 0 aromatic rings. The van der Waals surface area contributed by atoms with E-state index < -0.39 is 47.9 Å². The number of ether oxygens (including phenoxy) is 2. The van der Waals surface area contributed by atoms with Crippen LogP contribution in [0.2, 0.25) is 0 Å². The number of nitrogens with two attached hydrogens (primary N) is 1. The molecule has 0 aliphatic rings. The van der Waals surface area contributed by atoms with Crippen molar-refractivity contribution in [2.75, 3.05) is 14.2 Å². The number of aliphatic carboxylic acids is 2. The van der Waals surface area contributed by atoms with Crippen LogP contribution in [0.25, 0.3) is 0 Å². The fraction of sp³-hybridized carbons (Fsp3) is 0.804. The molecule has 9 atom stereocenters. The molecule has 0 heterocycles. The molecular formula is C46H86N4O13. The number of carboxylic acid groups (broad SMARTS) is 2. The van der Waals surface area contributed by atoms with E-state index in [0.29, 0.717) is 25.7 Å². The third kappa shape index (κ3) is 32.9. The second kappa shape index (κ2) is 36.0. The van der Waals surface area contributed by atoms with Crippen LogP contribution < -0.4 is 21.7 Å². The van der Waals surface area contributed by atoms with Crippen LogP contribution >= 0.6 is 0 Å². The van der Waals surface area contributed by atoms with Gasteiger partial charge in [-0.05, 0) is 54.8 Å². The average Bonchev–Trinajstić information content (AvgIpc) is 3.18. The first-order valence-corrected chi connectivity index (χ1v) is 22.2. The van der Waals surface area contributed by atoms with Gasteiger partial charge < -0.3 is 41.4 Å². The first kappa shape index (κ1) is 65.2. The summed E-state index contributed by atoms with van der Waals surface area (Å²) in [7, 11) is 2.69. The maximum atomic E-state index is 12.4. The molecule has 0 bridgehead atoms. The van der Waals surface area contributed by atoms with Gasteiger partial charge in [-0.15, -0.1) is 0 Å². The molecule has 7 N–H and O–H groups in total. The molecule has 368 valence electrons. The Kier molecular flexibility index (Phi) is 37.2. The number of hydrogen-bond donors (Lipinski definition) is 6. The van der Waals surface area contributed by atoms with E-state index in [1.54, 1.807) is 0 Å². The number of ketones is 2. The van der Waals surface area contributed by atoms with Gasteiger partial charge in [0.15, 0.2) is 11.6 Å². The Morgan fingerprint density at radius 2 is 0.778 bits per heavy atom. The monoisotopic (exact) mass is 903 g/mol. The van der Waals surface area contributed by atoms with Gasteiger partial charge in [-0.25, -0.2) is 4.79 Å². The molecule has 0 aliphatic carbocycles. The lowest BCUT2D eigenvalue weighted by Crippen LogP contribution is -2.42. The largest absolute Gasteiger partial charge is 0.481 e. The molecule has 17 heteroatoms. The Morgan fingerprint density at radius 3 is 1.05 bits per heavy atom.